The van der Waals surface area contributed by atoms with E-state index >= 15 is 0 Å². The van der Waals surface area contributed by atoms with E-state index in [0.29, 0.717) is 11.6 Å². The minimum atomic E-state index is 0.600. The van der Waals surface area contributed by atoms with Gasteiger partial charge in [-0.15, -0.1) is 10.2 Å². The molecular formula is C8H9N5S. The first-order valence-electron chi connectivity index (χ1n) is 4.03. The largest absolute Gasteiger partial charge is 0.303 e. The number of hydrogen-bond donors (Lipinski definition) is 0. The molecule has 0 radical (unpaired) electrons. The first kappa shape index (κ1) is 9.14. The highest BCUT2D eigenvalue weighted by molar-refractivity contribution is 7.98. The molecule has 5 nitrogen and oxygen atoms in total. The molecule has 0 aliphatic carbocycles. The second kappa shape index (κ2) is 3.75. The van der Waals surface area contributed by atoms with Crippen LogP contribution in [-0.2, 0) is 7.05 Å². The zero-order chi connectivity index (χ0) is 9.97. The molecule has 14 heavy (non-hydrogen) atoms. The van der Waals surface area contributed by atoms with Gasteiger partial charge in [-0.25, -0.2) is 9.97 Å². The van der Waals surface area contributed by atoms with Gasteiger partial charge in [0, 0.05) is 19.4 Å². The zero-order valence-electron chi connectivity index (χ0n) is 7.88. The maximum absolute atomic E-state index is 4.11. The summed E-state index contributed by atoms with van der Waals surface area (Å²) in [4.78, 5) is 8.23. The summed E-state index contributed by atoms with van der Waals surface area (Å²) in [5, 5.41) is 8.88. The van der Waals surface area contributed by atoms with Gasteiger partial charge in [0.05, 0.1) is 0 Å². The average molecular weight is 207 g/mol. The van der Waals surface area contributed by atoms with Crippen LogP contribution in [0.1, 0.15) is 0 Å². The van der Waals surface area contributed by atoms with E-state index in [1.54, 1.807) is 30.2 Å². The monoisotopic (exact) mass is 207 g/mol. The average Bonchev–Trinajstić information content (AvgIpc) is 2.61. The highest BCUT2D eigenvalue weighted by Crippen LogP contribution is 2.16. The quantitative estimate of drug-likeness (QED) is 0.687. The van der Waals surface area contributed by atoms with Crippen LogP contribution in [-0.4, -0.2) is 31.0 Å². The van der Waals surface area contributed by atoms with Gasteiger partial charge in [-0.3, -0.25) is 0 Å². The molecule has 0 bridgehead atoms. The Hall–Kier alpha value is -1.43. The lowest BCUT2D eigenvalue weighted by Gasteiger charge is -1.99. The summed E-state index contributed by atoms with van der Waals surface area (Å²) in [6.45, 7) is 0. The zero-order valence-corrected chi connectivity index (χ0v) is 8.69. The Kier molecular flexibility index (Phi) is 2.45. The molecule has 0 atom stereocenters. The van der Waals surface area contributed by atoms with Crippen molar-refractivity contribution in [2.24, 2.45) is 7.05 Å². The van der Waals surface area contributed by atoms with Crippen LogP contribution in [0.5, 0.6) is 0 Å². The highest BCUT2D eigenvalue weighted by Gasteiger charge is 2.10. The summed E-state index contributed by atoms with van der Waals surface area (Å²) < 4.78 is 1.88. The molecule has 0 saturated carbocycles. The summed E-state index contributed by atoms with van der Waals surface area (Å²) in [7, 11) is 1.90. The Balaban J connectivity index is 2.48. The molecule has 2 aromatic rings. The Morgan fingerprint density at radius 2 is 1.93 bits per heavy atom. The van der Waals surface area contributed by atoms with Crippen LogP contribution in [0, 0.1) is 0 Å². The Morgan fingerprint density at radius 3 is 2.50 bits per heavy atom. The first-order chi connectivity index (χ1) is 6.83. The van der Waals surface area contributed by atoms with E-state index in [9.17, 15) is 0 Å². The molecule has 0 fully saturated rings. The first-order valence-corrected chi connectivity index (χ1v) is 5.26. The van der Waals surface area contributed by atoms with Crippen LogP contribution in [0.25, 0.3) is 11.6 Å². The fourth-order valence-corrected chi connectivity index (χ4v) is 1.58. The molecule has 2 rings (SSSR count). The maximum atomic E-state index is 4.11. The molecule has 0 saturated heterocycles. The van der Waals surface area contributed by atoms with E-state index in [0.717, 1.165) is 5.16 Å². The van der Waals surface area contributed by atoms with Crippen molar-refractivity contribution in [2.45, 2.75) is 5.16 Å². The molecule has 0 aromatic carbocycles. The van der Waals surface area contributed by atoms with Crippen LogP contribution >= 0.6 is 11.8 Å². The molecular weight excluding hydrogens is 198 g/mol. The van der Waals surface area contributed by atoms with E-state index in [1.165, 1.54) is 0 Å². The van der Waals surface area contributed by atoms with Crippen molar-refractivity contribution in [3.8, 4) is 11.6 Å². The second-order valence-electron chi connectivity index (χ2n) is 2.64. The standard InChI is InChI=1S/C8H9N5S/c1-13-7(11-12-8(13)14-2)6-9-4-3-5-10-6/h3-5H,1-2H3. The van der Waals surface area contributed by atoms with E-state index in [2.05, 4.69) is 20.2 Å². The van der Waals surface area contributed by atoms with Gasteiger partial charge in [0.15, 0.2) is 11.0 Å². The van der Waals surface area contributed by atoms with Gasteiger partial charge in [0.2, 0.25) is 5.82 Å². The van der Waals surface area contributed by atoms with Gasteiger partial charge in [0.1, 0.15) is 0 Å². The third-order valence-corrected chi connectivity index (χ3v) is 2.50. The fourth-order valence-electron chi connectivity index (χ4n) is 1.10. The minimum Gasteiger partial charge on any atom is -0.303 e. The smallest absolute Gasteiger partial charge is 0.202 e. The molecule has 0 amide bonds. The molecule has 0 aliphatic heterocycles. The SMILES string of the molecule is CSc1nnc(-c2ncccn2)n1C. The van der Waals surface area contributed by atoms with E-state index in [4.69, 9.17) is 0 Å². The summed E-state index contributed by atoms with van der Waals surface area (Å²) in [6, 6.07) is 1.77. The summed E-state index contributed by atoms with van der Waals surface area (Å²) in [5.74, 6) is 1.29. The molecule has 0 aliphatic rings. The van der Waals surface area contributed by atoms with Crippen LogP contribution in [0.15, 0.2) is 23.6 Å². The lowest BCUT2D eigenvalue weighted by molar-refractivity contribution is 0.791. The predicted molar refractivity (Wildman–Crippen MR) is 53.8 cm³/mol. The van der Waals surface area contributed by atoms with Gasteiger partial charge >= 0.3 is 0 Å². The van der Waals surface area contributed by atoms with Crippen LogP contribution in [0.3, 0.4) is 0 Å². The molecule has 6 heteroatoms. The molecule has 0 N–H and O–H groups in total. The molecule has 72 valence electrons. The van der Waals surface area contributed by atoms with Gasteiger partial charge in [-0.2, -0.15) is 0 Å². The lowest BCUT2D eigenvalue weighted by Crippen LogP contribution is -1.97. The highest BCUT2D eigenvalue weighted by atomic mass is 32.2. The van der Waals surface area contributed by atoms with E-state index < -0.39 is 0 Å². The van der Waals surface area contributed by atoms with Crippen LogP contribution < -0.4 is 0 Å². The number of nitrogens with zero attached hydrogens (tertiary/aromatic N) is 5. The minimum absolute atomic E-state index is 0.600. The third-order valence-electron chi connectivity index (χ3n) is 1.78. The number of rotatable bonds is 2. The maximum Gasteiger partial charge on any atom is 0.202 e. The fraction of sp³-hybridized carbons (Fsp3) is 0.250. The summed E-state index contributed by atoms with van der Waals surface area (Å²) in [6.07, 6.45) is 5.34. The summed E-state index contributed by atoms with van der Waals surface area (Å²) in [5.41, 5.74) is 0. The van der Waals surface area contributed by atoms with Crippen molar-refractivity contribution < 1.29 is 0 Å². The number of aromatic nitrogens is 5. The van der Waals surface area contributed by atoms with Crippen molar-refractivity contribution in [3.05, 3.63) is 18.5 Å². The lowest BCUT2D eigenvalue weighted by atomic mass is 10.5. The van der Waals surface area contributed by atoms with Gasteiger partial charge in [0.25, 0.3) is 0 Å². The van der Waals surface area contributed by atoms with Crippen molar-refractivity contribution in [1.82, 2.24) is 24.7 Å². The topological polar surface area (TPSA) is 56.5 Å². The molecule has 0 spiro atoms. The van der Waals surface area contributed by atoms with Crippen LogP contribution in [0.2, 0.25) is 0 Å². The van der Waals surface area contributed by atoms with Gasteiger partial charge in [-0.05, 0) is 12.3 Å². The van der Waals surface area contributed by atoms with Gasteiger partial charge in [-0.1, -0.05) is 11.8 Å². The normalized spacial score (nSPS) is 10.4. The second-order valence-corrected chi connectivity index (χ2v) is 3.42. The number of thioether (sulfide) groups is 1. The van der Waals surface area contributed by atoms with E-state index in [-0.39, 0.29) is 0 Å². The molecule has 2 heterocycles. The van der Waals surface area contributed by atoms with Crippen molar-refractivity contribution in [2.75, 3.05) is 6.26 Å². The Bertz CT molecular complexity index is 425. The number of hydrogen-bond acceptors (Lipinski definition) is 5. The Labute approximate surface area is 85.6 Å². The molecule has 0 unspecified atom stereocenters. The van der Waals surface area contributed by atoms with Crippen molar-refractivity contribution in [1.29, 1.82) is 0 Å². The van der Waals surface area contributed by atoms with E-state index in [1.807, 2.05) is 17.9 Å². The predicted octanol–water partition coefficient (Wildman–Crippen LogP) is 0.994. The van der Waals surface area contributed by atoms with Crippen molar-refractivity contribution in [3.63, 3.8) is 0 Å². The van der Waals surface area contributed by atoms with Crippen molar-refractivity contribution >= 4 is 11.8 Å². The summed E-state index contributed by atoms with van der Waals surface area (Å²) >= 11 is 1.54. The molecule has 2 aromatic heterocycles. The van der Waals surface area contributed by atoms with Gasteiger partial charge < -0.3 is 4.57 Å². The third kappa shape index (κ3) is 1.48. The Morgan fingerprint density at radius 1 is 1.21 bits per heavy atom. The van der Waals surface area contributed by atoms with Crippen LogP contribution in [0.4, 0.5) is 0 Å².